The Labute approximate surface area is 81.4 Å². The van der Waals surface area contributed by atoms with Gasteiger partial charge in [0, 0.05) is 11.9 Å². The number of carbonyl (C=O) groups excluding carboxylic acids is 1. The van der Waals surface area contributed by atoms with E-state index in [4.69, 9.17) is 11.6 Å². The van der Waals surface area contributed by atoms with Crippen LogP contribution in [-0.2, 0) is 4.79 Å². The number of carbonyl (C=O) groups is 1. The molecule has 0 aliphatic rings. The van der Waals surface area contributed by atoms with Crippen molar-refractivity contribution in [2.24, 2.45) is 5.10 Å². The van der Waals surface area contributed by atoms with E-state index in [0.717, 1.165) is 5.56 Å². The molecule has 0 aromatic heterocycles. The van der Waals surface area contributed by atoms with Gasteiger partial charge in [0.2, 0.25) is 5.91 Å². The molecule has 0 spiro atoms. The Hall–Kier alpha value is -1.35. The fourth-order valence-electron chi connectivity index (χ4n) is 0.747. The van der Waals surface area contributed by atoms with Gasteiger partial charge >= 0.3 is 0 Å². The van der Waals surface area contributed by atoms with Crippen molar-refractivity contribution >= 4 is 23.7 Å². The first kappa shape index (κ1) is 9.74. The molecule has 0 atom stereocenters. The number of nitrogens with one attached hydrogen (secondary N) is 1. The fourth-order valence-corrected chi connectivity index (χ4v) is 0.873. The van der Waals surface area contributed by atoms with Crippen molar-refractivity contribution in [2.75, 3.05) is 0 Å². The van der Waals surface area contributed by atoms with Crippen LogP contribution >= 0.6 is 11.6 Å². The van der Waals surface area contributed by atoms with Gasteiger partial charge in [0.1, 0.15) is 0 Å². The summed E-state index contributed by atoms with van der Waals surface area (Å²) >= 11 is 5.68. The summed E-state index contributed by atoms with van der Waals surface area (Å²) in [7, 11) is 0. The van der Waals surface area contributed by atoms with Crippen LogP contribution in [0.25, 0.3) is 0 Å². The van der Waals surface area contributed by atoms with Crippen molar-refractivity contribution in [3.63, 3.8) is 0 Å². The number of hydrogen-bond acceptors (Lipinski definition) is 2. The highest BCUT2D eigenvalue weighted by Gasteiger charge is 1.88. The Balaban J connectivity index is 2.59. The summed E-state index contributed by atoms with van der Waals surface area (Å²) in [5.41, 5.74) is 3.19. The normalized spacial score (nSPS) is 10.3. The maximum Gasteiger partial charge on any atom is 0.236 e. The third-order valence-electron chi connectivity index (χ3n) is 1.31. The lowest BCUT2D eigenvalue weighted by Gasteiger charge is -1.93. The Bertz CT molecular complexity index is 319. The van der Waals surface area contributed by atoms with Gasteiger partial charge in [-0.3, -0.25) is 4.79 Å². The minimum Gasteiger partial charge on any atom is -0.274 e. The molecule has 4 heteroatoms. The second-order valence-corrected chi connectivity index (χ2v) is 2.91. The number of rotatable bonds is 2. The average molecular weight is 197 g/mol. The molecular weight excluding hydrogens is 188 g/mol. The summed E-state index contributed by atoms with van der Waals surface area (Å²) in [6.45, 7) is 1.40. The van der Waals surface area contributed by atoms with Crippen LogP contribution in [0.5, 0.6) is 0 Å². The van der Waals surface area contributed by atoms with Crippen LogP contribution in [0, 0.1) is 0 Å². The maximum absolute atomic E-state index is 10.4. The van der Waals surface area contributed by atoms with Crippen molar-refractivity contribution in [3.8, 4) is 0 Å². The van der Waals surface area contributed by atoms with E-state index in [2.05, 4.69) is 10.5 Å². The zero-order chi connectivity index (χ0) is 9.68. The molecule has 13 heavy (non-hydrogen) atoms. The summed E-state index contributed by atoms with van der Waals surface area (Å²) in [5.74, 6) is -0.190. The number of amides is 1. The minimum absolute atomic E-state index is 0.190. The van der Waals surface area contributed by atoms with Crippen molar-refractivity contribution in [1.82, 2.24) is 5.43 Å². The van der Waals surface area contributed by atoms with Crippen LogP contribution in [0.1, 0.15) is 12.5 Å². The highest BCUT2D eigenvalue weighted by Crippen LogP contribution is 2.07. The summed E-state index contributed by atoms with van der Waals surface area (Å²) in [6.07, 6.45) is 1.55. The first-order chi connectivity index (χ1) is 6.18. The van der Waals surface area contributed by atoms with Gasteiger partial charge < -0.3 is 0 Å². The van der Waals surface area contributed by atoms with Gasteiger partial charge in [0.15, 0.2) is 0 Å². The lowest BCUT2D eigenvalue weighted by molar-refractivity contribution is -0.118. The van der Waals surface area contributed by atoms with Crippen LogP contribution < -0.4 is 5.43 Å². The molecule has 1 rings (SSSR count). The van der Waals surface area contributed by atoms with E-state index >= 15 is 0 Å². The zero-order valence-electron chi connectivity index (χ0n) is 7.12. The van der Waals surface area contributed by atoms with Crippen LogP contribution in [0.15, 0.2) is 29.4 Å². The van der Waals surface area contributed by atoms with E-state index in [1.54, 1.807) is 18.3 Å². The lowest BCUT2D eigenvalue weighted by atomic mass is 10.2. The van der Waals surface area contributed by atoms with Crippen molar-refractivity contribution in [1.29, 1.82) is 0 Å². The fraction of sp³-hybridized carbons (Fsp3) is 0.111. The lowest BCUT2D eigenvalue weighted by Crippen LogP contribution is -2.12. The molecule has 0 saturated heterocycles. The first-order valence-electron chi connectivity index (χ1n) is 3.73. The highest BCUT2D eigenvalue weighted by molar-refractivity contribution is 6.30. The maximum atomic E-state index is 10.4. The molecule has 0 bridgehead atoms. The van der Waals surface area contributed by atoms with Gasteiger partial charge in [0.05, 0.1) is 6.21 Å². The van der Waals surface area contributed by atoms with Crippen LogP contribution in [0.2, 0.25) is 5.02 Å². The first-order valence-corrected chi connectivity index (χ1v) is 4.11. The molecule has 1 aromatic rings. The molecule has 0 aliphatic heterocycles. The third kappa shape index (κ3) is 3.71. The van der Waals surface area contributed by atoms with Gasteiger partial charge in [0.25, 0.3) is 0 Å². The van der Waals surface area contributed by atoms with Crippen LogP contribution in [-0.4, -0.2) is 12.1 Å². The second kappa shape index (κ2) is 4.62. The summed E-state index contributed by atoms with van der Waals surface area (Å²) < 4.78 is 0. The number of hydrazone groups is 1. The van der Waals surface area contributed by atoms with E-state index in [0.29, 0.717) is 5.02 Å². The molecule has 0 saturated carbocycles. The van der Waals surface area contributed by atoms with Gasteiger partial charge in [-0.25, -0.2) is 5.43 Å². The number of benzene rings is 1. The summed E-state index contributed by atoms with van der Waals surface area (Å²) in [4.78, 5) is 10.4. The molecule has 1 N–H and O–H groups in total. The topological polar surface area (TPSA) is 41.5 Å². The highest BCUT2D eigenvalue weighted by atomic mass is 35.5. The van der Waals surface area contributed by atoms with Crippen molar-refractivity contribution in [3.05, 3.63) is 34.9 Å². The van der Waals surface area contributed by atoms with Crippen LogP contribution in [0.4, 0.5) is 0 Å². The van der Waals surface area contributed by atoms with Gasteiger partial charge in [-0.05, 0) is 17.7 Å². The quantitative estimate of drug-likeness (QED) is 0.569. The average Bonchev–Trinajstić information content (AvgIpc) is 2.08. The molecule has 0 fully saturated rings. The molecule has 0 unspecified atom stereocenters. The van der Waals surface area contributed by atoms with Crippen molar-refractivity contribution in [2.45, 2.75) is 6.92 Å². The van der Waals surface area contributed by atoms with Crippen molar-refractivity contribution < 1.29 is 4.79 Å². The molecule has 68 valence electrons. The second-order valence-electron chi connectivity index (χ2n) is 2.48. The van der Waals surface area contributed by atoms with Crippen LogP contribution in [0.3, 0.4) is 0 Å². The summed E-state index contributed by atoms with van der Waals surface area (Å²) in [5, 5.41) is 4.38. The zero-order valence-corrected chi connectivity index (χ0v) is 7.88. The third-order valence-corrected chi connectivity index (χ3v) is 1.56. The monoisotopic (exact) mass is 196 g/mol. The molecule has 3 nitrogen and oxygen atoms in total. The van der Waals surface area contributed by atoms with E-state index in [1.165, 1.54) is 6.92 Å². The summed E-state index contributed by atoms with van der Waals surface area (Å²) in [6, 6.07) is 7.15. The van der Waals surface area contributed by atoms with E-state index in [-0.39, 0.29) is 5.91 Å². The van der Waals surface area contributed by atoms with E-state index in [9.17, 15) is 4.79 Å². The molecule has 1 amide bonds. The standard InChI is InChI=1S/C9H9ClN2O/c1-7(13)12-11-6-8-2-4-9(10)5-3-8/h2-6H,1H3,(H,12,13). The molecular formula is C9H9ClN2O. The number of nitrogens with zero attached hydrogens (tertiary/aromatic N) is 1. The Kier molecular flexibility index (Phi) is 3.46. The molecule has 0 aliphatic carbocycles. The number of halogens is 1. The molecule has 0 heterocycles. The Morgan fingerprint density at radius 1 is 1.46 bits per heavy atom. The predicted molar refractivity (Wildman–Crippen MR) is 52.9 cm³/mol. The van der Waals surface area contributed by atoms with E-state index < -0.39 is 0 Å². The van der Waals surface area contributed by atoms with Gasteiger partial charge in [-0.2, -0.15) is 5.10 Å². The predicted octanol–water partition coefficient (Wildman–Crippen LogP) is 1.81. The van der Waals surface area contributed by atoms with Gasteiger partial charge in [-0.15, -0.1) is 0 Å². The molecule has 0 radical (unpaired) electrons. The SMILES string of the molecule is CC(=O)NN=Cc1ccc(Cl)cc1. The minimum atomic E-state index is -0.190. The largest absolute Gasteiger partial charge is 0.274 e. The Morgan fingerprint density at radius 2 is 2.08 bits per heavy atom. The van der Waals surface area contributed by atoms with Gasteiger partial charge in [-0.1, -0.05) is 23.7 Å². The number of hydrogen-bond donors (Lipinski definition) is 1. The Morgan fingerprint density at radius 3 is 2.62 bits per heavy atom. The molecule has 1 aromatic carbocycles. The smallest absolute Gasteiger partial charge is 0.236 e. The van der Waals surface area contributed by atoms with E-state index in [1.807, 2.05) is 12.1 Å².